The third kappa shape index (κ3) is 5.55. The molecule has 36 heavy (non-hydrogen) atoms. The highest BCUT2D eigenvalue weighted by atomic mass is 32.2. The SMILES string of the molecule is C[C@@H]1CN(C(=O)CSc2nc(-c3ccccc3)c(-c3ccccc3)n2Cc2ccccc2)C[C@@H](C)O1. The summed E-state index contributed by atoms with van der Waals surface area (Å²) in [5.41, 5.74) is 5.35. The van der Waals surface area contributed by atoms with Crippen LogP contribution in [0.3, 0.4) is 0 Å². The van der Waals surface area contributed by atoms with Crippen molar-refractivity contribution in [3.05, 3.63) is 96.6 Å². The van der Waals surface area contributed by atoms with E-state index in [9.17, 15) is 4.79 Å². The minimum absolute atomic E-state index is 0.0529. The van der Waals surface area contributed by atoms with E-state index in [1.165, 1.54) is 17.3 Å². The average molecular weight is 498 g/mol. The molecular weight excluding hydrogens is 466 g/mol. The second-order valence-electron chi connectivity index (χ2n) is 9.24. The quantitative estimate of drug-likeness (QED) is 0.294. The Balaban J connectivity index is 1.53. The predicted molar refractivity (Wildman–Crippen MR) is 146 cm³/mol. The maximum absolute atomic E-state index is 13.2. The van der Waals surface area contributed by atoms with Crippen molar-refractivity contribution in [1.82, 2.24) is 14.5 Å². The summed E-state index contributed by atoms with van der Waals surface area (Å²) in [6, 6.07) is 31.1. The van der Waals surface area contributed by atoms with Gasteiger partial charge in [0, 0.05) is 24.2 Å². The van der Waals surface area contributed by atoms with Crippen molar-refractivity contribution < 1.29 is 9.53 Å². The summed E-state index contributed by atoms with van der Waals surface area (Å²) in [5, 5.41) is 0.847. The molecular formula is C30H31N3O2S. The lowest BCUT2D eigenvalue weighted by Crippen LogP contribution is -2.48. The molecule has 1 fully saturated rings. The first-order chi connectivity index (χ1) is 17.6. The number of thioether (sulfide) groups is 1. The van der Waals surface area contributed by atoms with E-state index < -0.39 is 0 Å². The highest BCUT2D eigenvalue weighted by molar-refractivity contribution is 7.99. The molecule has 184 valence electrons. The van der Waals surface area contributed by atoms with Gasteiger partial charge in [0.2, 0.25) is 5.91 Å². The Kier molecular flexibility index (Phi) is 7.54. The van der Waals surface area contributed by atoms with E-state index in [4.69, 9.17) is 9.72 Å². The molecule has 0 saturated carbocycles. The molecule has 1 saturated heterocycles. The number of hydrogen-bond donors (Lipinski definition) is 0. The van der Waals surface area contributed by atoms with Crippen LogP contribution in [0, 0.1) is 0 Å². The third-order valence-electron chi connectivity index (χ3n) is 6.31. The van der Waals surface area contributed by atoms with E-state index in [-0.39, 0.29) is 18.1 Å². The van der Waals surface area contributed by atoms with Crippen LogP contribution in [0.25, 0.3) is 22.5 Å². The van der Waals surface area contributed by atoms with Gasteiger partial charge in [-0.2, -0.15) is 0 Å². The summed E-state index contributed by atoms with van der Waals surface area (Å²) in [4.78, 5) is 20.2. The van der Waals surface area contributed by atoms with Gasteiger partial charge in [-0.05, 0) is 19.4 Å². The second kappa shape index (κ2) is 11.1. The lowest BCUT2D eigenvalue weighted by molar-refractivity contribution is -0.140. The number of morpholine rings is 1. The Morgan fingerprint density at radius 3 is 2.03 bits per heavy atom. The minimum atomic E-state index is 0.0529. The number of imidazole rings is 1. The van der Waals surface area contributed by atoms with Crippen molar-refractivity contribution in [2.75, 3.05) is 18.8 Å². The molecule has 4 aromatic rings. The van der Waals surface area contributed by atoms with Gasteiger partial charge in [-0.25, -0.2) is 4.98 Å². The van der Waals surface area contributed by atoms with Crippen molar-refractivity contribution in [3.8, 4) is 22.5 Å². The van der Waals surface area contributed by atoms with E-state index in [0.717, 1.165) is 27.7 Å². The van der Waals surface area contributed by atoms with Crippen molar-refractivity contribution in [2.24, 2.45) is 0 Å². The average Bonchev–Trinajstić information content (AvgIpc) is 3.26. The van der Waals surface area contributed by atoms with Gasteiger partial charge in [-0.3, -0.25) is 4.79 Å². The maximum atomic E-state index is 13.2. The van der Waals surface area contributed by atoms with Crippen molar-refractivity contribution in [1.29, 1.82) is 0 Å². The van der Waals surface area contributed by atoms with Gasteiger partial charge in [0.05, 0.1) is 35.9 Å². The molecule has 0 unspecified atom stereocenters. The van der Waals surface area contributed by atoms with Gasteiger partial charge < -0.3 is 14.2 Å². The van der Waals surface area contributed by atoms with E-state index in [1.807, 2.05) is 49.1 Å². The number of rotatable bonds is 7. The van der Waals surface area contributed by atoms with Gasteiger partial charge in [0.15, 0.2) is 5.16 Å². The third-order valence-corrected chi connectivity index (χ3v) is 7.27. The topological polar surface area (TPSA) is 47.4 Å². The molecule has 5 nitrogen and oxygen atoms in total. The van der Waals surface area contributed by atoms with Gasteiger partial charge in [0.25, 0.3) is 0 Å². The van der Waals surface area contributed by atoms with Crippen molar-refractivity contribution in [3.63, 3.8) is 0 Å². The summed E-state index contributed by atoms with van der Waals surface area (Å²) >= 11 is 1.51. The van der Waals surface area contributed by atoms with E-state index in [2.05, 4.69) is 65.2 Å². The number of amides is 1. The highest BCUT2D eigenvalue weighted by Gasteiger charge is 2.27. The van der Waals surface area contributed by atoms with Crippen LogP contribution in [0.4, 0.5) is 0 Å². The molecule has 0 spiro atoms. The Hall–Kier alpha value is -3.35. The van der Waals surface area contributed by atoms with Gasteiger partial charge in [-0.1, -0.05) is 103 Å². The van der Waals surface area contributed by atoms with Gasteiger partial charge in [-0.15, -0.1) is 0 Å². The zero-order chi connectivity index (χ0) is 24.9. The summed E-state index contributed by atoms with van der Waals surface area (Å²) in [7, 11) is 0. The number of nitrogens with zero attached hydrogens (tertiary/aromatic N) is 3. The Morgan fingerprint density at radius 1 is 0.861 bits per heavy atom. The molecule has 0 aliphatic carbocycles. The molecule has 1 aromatic heterocycles. The zero-order valence-corrected chi connectivity index (χ0v) is 21.5. The molecule has 6 heteroatoms. The summed E-state index contributed by atoms with van der Waals surface area (Å²) < 4.78 is 8.07. The van der Waals surface area contributed by atoms with Crippen LogP contribution in [0.5, 0.6) is 0 Å². The molecule has 1 amide bonds. The molecule has 3 aromatic carbocycles. The predicted octanol–water partition coefficient (Wildman–Crippen LogP) is 5.99. The maximum Gasteiger partial charge on any atom is 0.233 e. The first-order valence-electron chi connectivity index (χ1n) is 12.4. The van der Waals surface area contributed by atoms with Crippen LogP contribution in [0.1, 0.15) is 19.4 Å². The molecule has 2 atom stereocenters. The molecule has 0 bridgehead atoms. The van der Waals surface area contributed by atoms with Crippen LogP contribution < -0.4 is 0 Å². The number of aromatic nitrogens is 2. The lowest BCUT2D eigenvalue weighted by atomic mass is 10.0. The van der Waals surface area contributed by atoms with E-state index in [0.29, 0.717) is 25.4 Å². The first-order valence-corrected chi connectivity index (χ1v) is 13.4. The lowest BCUT2D eigenvalue weighted by Gasteiger charge is -2.35. The smallest absolute Gasteiger partial charge is 0.233 e. The fourth-order valence-electron chi connectivity index (χ4n) is 4.74. The number of benzene rings is 3. The van der Waals surface area contributed by atoms with Crippen LogP contribution >= 0.6 is 11.8 Å². The Labute approximate surface area is 217 Å². The highest BCUT2D eigenvalue weighted by Crippen LogP contribution is 2.36. The van der Waals surface area contributed by atoms with Crippen molar-refractivity contribution in [2.45, 2.75) is 37.8 Å². The number of carbonyl (C=O) groups is 1. The van der Waals surface area contributed by atoms with Gasteiger partial charge in [0.1, 0.15) is 0 Å². The number of carbonyl (C=O) groups excluding carboxylic acids is 1. The minimum Gasteiger partial charge on any atom is -0.372 e. The van der Waals surface area contributed by atoms with Crippen LogP contribution in [0.15, 0.2) is 96.2 Å². The summed E-state index contributed by atoms with van der Waals surface area (Å²) in [6.07, 6.45) is 0.106. The fraction of sp³-hybridized carbons (Fsp3) is 0.267. The van der Waals surface area contributed by atoms with Crippen LogP contribution in [0.2, 0.25) is 0 Å². The number of hydrogen-bond acceptors (Lipinski definition) is 4. The monoisotopic (exact) mass is 497 g/mol. The standard InChI is InChI=1S/C30H31N3O2S/c1-22-18-32(19-23(2)35-22)27(34)21-36-30-31-28(25-14-8-4-9-15-25)29(26-16-10-5-11-17-26)33(30)20-24-12-6-3-7-13-24/h3-17,22-23H,18-21H2,1-2H3/t22-,23-/m1/s1. The molecule has 0 N–H and O–H groups in total. The number of ether oxygens (including phenoxy) is 1. The molecule has 1 aliphatic heterocycles. The van der Waals surface area contributed by atoms with Gasteiger partial charge >= 0.3 is 0 Å². The first kappa shape index (κ1) is 24.3. The normalized spacial score (nSPS) is 17.8. The van der Waals surface area contributed by atoms with Crippen LogP contribution in [-0.4, -0.2) is 51.4 Å². The Bertz CT molecular complexity index is 1280. The zero-order valence-electron chi connectivity index (χ0n) is 20.7. The van der Waals surface area contributed by atoms with E-state index in [1.54, 1.807) is 0 Å². The van der Waals surface area contributed by atoms with E-state index >= 15 is 0 Å². The molecule has 2 heterocycles. The molecule has 0 radical (unpaired) electrons. The fourth-order valence-corrected chi connectivity index (χ4v) is 5.64. The summed E-state index contributed by atoms with van der Waals surface area (Å²) in [5.74, 6) is 0.465. The summed E-state index contributed by atoms with van der Waals surface area (Å²) in [6.45, 7) is 5.98. The molecule has 1 aliphatic rings. The second-order valence-corrected chi connectivity index (χ2v) is 10.2. The Morgan fingerprint density at radius 2 is 1.42 bits per heavy atom. The molecule has 5 rings (SSSR count). The van der Waals surface area contributed by atoms with Crippen molar-refractivity contribution >= 4 is 17.7 Å². The van der Waals surface area contributed by atoms with Crippen LogP contribution in [-0.2, 0) is 16.1 Å². The largest absolute Gasteiger partial charge is 0.372 e.